The van der Waals surface area contributed by atoms with Crippen LogP contribution in [0.4, 0.5) is 0 Å². The lowest BCUT2D eigenvalue weighted by atomic mass is 10.1. The third kappa shape index (κ3) is 1.44. The Morgan fingerprint density at radius 2 is 2.27 bits per heavy atom. The van der Waals surface area contributed by atoms with Gasteiger partial charge in [0, 0.05) is 18.8 Å². The lowest BCUT2D eigenvalue weighted by molar-refractivity contribution is 0.581. The summed E-state index contributed by atoms with van der Waals surface area (Å²) in [7, 11) is 1.61. The van der Waals surface area contributed by atoms with Crippen LogP contribution in [0.25, 0.3) is 11.3 Å². The molecule has 0 saturated heterocycles. The van der Waals surface area contributed by atoms with Gasteiger partial charge < -0.3 is 8.98 Å². The maximum Gasteiger partial charge on any atom is 0.268 e. The monoisotopic (exact) mass is 200 g/mol. The lowest BCUT2D eigenvalue weighted by Gasteiger charge is -2.02. The predicted molar refractivity (Wildman–Crippen MR) is 54.1 cm³/mol. The van der Waals surface area contributed by atoms with E-state index in [1.165, 1.54) is 10.8 Å². The summed E-state index contributed by atoms with van der Waals surface area (Å²) in [4.78, 5) is 11.6. The highest BCUT2D eigenvalue weighted by atomic mass is 16.3. The second kappa shape index (κ2) is 3.46. The van der Waals surface area contributed by atoms with Crippen LogP contribution in [0, 0.1) is 11.3 Å². The summed E-state index contributed by atoms with van der Waals surface area (Å²) in [6.45, 7) is 0. The van der Waals surface area contributed by atoms with Gasteiger partial charge in [-0.15, -0.1) is 0 Å². The summed E-state index contributed by atoms with van der Waals surface area (Å²) in [6.07, 6.45) is 3.12. The number of aromatic nitrogens is 1. The summed E-state index contributed by atoms with van der Waals surface area (Å²) in [5, 5.41) is 8.92. The van der Waals surface area contributed by atoms with Crippen LogP contribution in [0.15, 0.2) is 39.9 Å². The van der Waals surface area contributed by atoms with E-state index >= 15 is 0 Å². The van der Waals surface area contributed by atoms with Crippen molar-refractivity contribution in [2.24, 2.45) is 7.05 Å². The number of pyridine rings is 1. The van der Waals surface area contributed by atoms with E-state index in [0.717, 1.165) is 0 Å². The highest BCUT2D eigenvalue weighted by Gasteiger charge is 2.11. The van der Waals surface area contributed by atoms with Crippen LogP contribution in [-0.2, 0) is 7.05 Å². The molecule has 15 heavy (non-hydrogen) atoms. The molecule has 0 atom stereocenters. The molecule has 0 spiro atoms. The zero-order valence-corrected chi connectivity index (χ0v) is 8.10. The number of aryl methyl sites for hydroxylation is 1. The van der Waals surface area contributed by atoms with Crippen molar-refractivity contribution in [3.63, 3.8) is 0 Å². The first kappa shape index (κ1) is 9.28. The highest BCUT2D eigenvalue weighted by molar-refractivity contribution is 5.64. The van der Waals surface area contributed by atoms with Gasteiger partial charge in [0.25, 0.3) is 5.56 Å². The van der Waals surface area contributed by atoms with Gasteiger partial charge in [-0.25, -0.2) is 0 Å². The number of hydrogen-bond acceptors (Lipinski definition) is 3. The van der Waals surface area contributed by atoms with Crippen molar-refractivity contribution < 1.29 is 4.42 Å². The van der Waals surface area contributed by atoms with E-state index in [2.05, 4.69) is 0 Å². The van der Waals surface area contributed by atoms with Gasteiger partial charge >= 0.3 is 0 Å². The third-order valence-corrected chi connectivity index (χ3v) is 2.17. The Hall–Kier alpha value is -2.28. The smallest absolute Gasteiger partial charge is 0.268 e. The number of nitriles is 1. The van der Waals surface area contributed by atoms with E-state index < -0.39 is 0 Å². The molecule has 0 radical (unpaired) electrons. The molecule has 0 N–H and O–H groups in total. The van der Waals surface area contributed by atoms with Gasteiger partial charge in [0.15, 0.2) is 0 Å². The van der Waals surface area contributed by atoms with Gasteiger partial charge in [-0.1, -0.05) is 0 Å². The maximum atomic E-state index is 11.6. The van der Waals surface area contributed by atoms with Crippen LogP contribution in [0.2, 0.25) is 0 Å². The van der Waals surface area contributed by atoms with Crippen LogP contribution < -0.4 is 5.56 Å². The molecule has 0 aliphatic carbocycles. The van der Waals surface area contributed by atoms with E-state index in [-0.39, 0.29) is 11.1 Å². The molecule has 0 unspecified atom stereocenters. The standard InChI is InChI=1S/C11H8N2O2/c1-13-5-4-8(9(7-12)11(13)14)10-3-2-6-15-10/h2-6H,1H3. The fourth-order valence-electron chi connectivity index (χ4n) is 1.37. The van der Waals surface area contributed by atoms with E-state index in [1.807, 2.05) is 6.07 Å². The van der Waals surface area contributed by atoms with Crippen molar-refractivity contribution in [3.8, 4) is 17.4 Å². The molecule has 74 valence electrons. The molecule has 0 fully saturated rings. The van der Waals surface area contributed by atoms with Gasteiger partial charge in [0.1, 0.15) is 17.4 Å². The zero-order valence-electron chi connectivity index (χ0n) is 8.10. The quantitative estimate of drug-likeness (QED) is 0.701. The molecular weight excluding hydrogens is 192 g/mol. The van der Waals surface area contributed by atoms with Crippen LogP contribution in [0.1, 0.15) is 5.56 Å². The minimum Gasteiger partial charge on any atom is -0.464 e. The molecule has 0 amide bonds. The first-order chi connectivity index (χ1) is 7.24. The molecule has 2 aromatic rings. The predicted octanol–water partition coefficient (Wildman–Crippen LogP) is 1.52. The second-order valence-electron chi connectivity index (χ2n) is 3.11. The van der Waals surface area contributed by atoms with Crippen molar-refractivity contribution >= 4 is 0 Å². The number of hydrogen-bond donors (Lipinski definition) is 0. The van der Waals surface area contributed by atoms with Gasteiger partial charge in [-0.2, -0.15) is 5.26 Å². The first-order valence-electron chi connectivity index (χ1n) is 4.37. The molecule has 2 aromatic heterocycles. The van der Waals surface area contributed by atoms with E-state index in [9.17, 15) is 4.79 Å². The number of furan rings is 1. The van der Waals surface area contributed by atoms with Gasteiger partial charge in [0.2, 0.25) is 0 Å². The van der Waals surface area contributed by atoms with E-state index in [1.54, 1.807) is 31.4 Å². The summed E-state index contributed by atoms with van der Waals surface area (Å²) in [5.41, 5.74) is 0.326. The Balaban J connectivity index is 2.75. The van der Waals surface area contributed by atoms with Crippen LogP contribution in [0.3, 0.4) is 0 Å². The molecule has 4 heteroatoms. The van der Waals surface area contributed by atoms with Crippen LogP contribution in [-0.4, -0.2) is 4.57 Å². The largest absolute Gasteiger partial charge is 0.464 e. The van der Waals surface area contributed by atoms with Crippen LogP contribution >= 0.6 is 0 Å². The molecule has 2 heterocycles. The SMILES string of the molecule is Cn1ccc(-c2ccco2)c(C#N)c1=O. The van der Waals surface area contributed by atoms with Crippen LogP contribution in [0.5, 0.6) is 0 Å². The minimum atomic E-state index is -0.314. The van der Waals surface area contributed by atoms with Crippen molar-refractivity contribution in [1.82, 2.24) is 4.57 Å². The van der Waals surface area contributed by atoms with E-state index in [0.29, 0.717) is 11.3 Å². The maximum absolute atomic E-state index is 11.6. The average Bonchev–Trinajstić information content (AvgIpc) is 2.75. The van der Waals surface area contributed by atoms with Gasteiger partial charge in [0.05, 0.1) is 6.26 Å². The molecular formula is C11H8N2O2. The normalized spacial score (nSPS) is 9.87. The molecule has 0 aliphatic rings. The zero-order chi connectivity index (χ0) is 10.8. The second-order valence-corrected chi connectivity index (χ2v) is 3.11. The Morgan fingerprint density at radius 3 is 2.87 bits per heavy atom. The molecule has 4 nitrogen and oxygen atoms in total. The van der Waals surface area contributed by atoms with Crippen molar-refractivity contribution in [1.29, 1.82) is 5.26 Å². The minimum absolute atomic E-state index is 0.106. The fraction of sp³-hybridized carbons (Fsp3) is 0.0909. The van der Waals surface area contributed by atoms with Gasteiger partial charge in [-0.3, -0.25) is 4.79 Å². The molecule has 0 saturated carbocycles. The number of nitrogens with zero attached hydrogens (tertiary/aromatic N) is 2. The van der Waals surface area contributed by atoms with Gasteiger partial charge in [-0.05, 0) is 18.2 Å². The van der Waals surface area contributed by atoms with Crippen molar-refractivity contribution in [2.45, 2.75) is 0 Å². The van der Waals surface area contributed by atoms with Crippen molar-refractivity contribution in [2.75, 3.05) is 0 Å². The Bertz CT molecular complexity index is 574. The molecule has 0 aliphatic heterocycles. The summed E-state index contributed by atoms with van der Waals surface area (Å²) in [5.74, 6) is 0.532. The summed E-state index contributed by atoms with van der Waals surface area (Å²) >= 11 is 0. The molecule has 0 bridgehead atoms. The summed E-state index contributed by atoms with van der Waals surface area (Å²) < 4.78 is 6.52. The Labute approximate surface area is 86.0 Å². The van der Waals surface area contributed by atoms with E-state index in [4.69, 9.17) is 9.68 Å². The lowest BCUT2D eigenvalue weighted by Crippen LogP contribution is -2.19. The number of rotatable bonds is 1. The molecule has 2 rings (SSSR count). The fourth-order valence-corrected chi connectivity index (χ4v) is 1.37. The third-order valence-electron chi connectivity index (χ3n) is 2.17. The topological polar surface area (TPSA) is 58.9 Å². The average molecular weight is 200 g/mol. The Kier molecular flexibility index (Phi) is 2.14. The highest BCUT2D eigenvalue weighted by Crippen LogP contribution is 2.20. The van der Waals surface area contributed by atoms with Crippen molar-refractivity contribution in [3.05, 3.63) is 46.6 Å². The Morgan fingerprint density at radius 1 is 1.47 bits per heavy atom. The molecule has 0 aromatic carbocycles. The first-order valence-corrected chi connectivity index (χ1v) is 4.37. The summed E-state index contributed by atoms with van der Waals surface area (Å²) in [6, 6.07) is 7.03.